The van der Waals surface area contributed by atoms with Crippen molar-refractivity contribution >= 4 is 29.4 Å². The Labute approximate surface area is 143 Å². The SMILES string of the molecule is CNc1nc(Nc2cc(N)c(C=N)cc2C(F)(F)F)ncc1C(F)(F)F. The zero-order valence-electron chi connectivity index (χ0n) is 13.0. The fourth-order valence-corrected chi connectivity index (χ4v) is 2.06. The molecule has 1 heterocycles. The van der Waals surface area contributed by atoms with Crippen molar-refractivity contribution in [2.75, 3.05) is 23.4 Å². The summed E-state index contributed by atoms with van der Waals surface area (Å²) in [5.74, 6) is -1.09. The molecule has 0 radical (unpaired) electrons. The average Bonchev–Trinajstić information content (AvgIpc) is 2.52. The van der Waals surface area contributed by atoms with Crippen molar-refractivity contribution in [3.8, 4) is 0 Å². The molecule has 26 heavy (non-hydrogen) atoms. The van der Waals surface area contributed by atoms with Gasteiger partial charge in [-0.15, -0.1) is 0 Å². The van der Waals surface area contributed by atoms with Crippen molar-refractivity contribution in [3.05, 3.63) is 35.0 Å². The molecular formula is C14H12F6N6. The van der Waals surface area contributed by atoms with Gasteiger partial charge in [0.2, 0.25) is 5.95 Å². The first-order valence-electron chi connectivity index (χ1n) is 6.87. The van der Waals surface area contributed by atoms with Gasteiger partial charge in [0.15, 0.2) is 0 Å². The predicted octanol–water partition coefficient (Wildman–Crippen LogP) is 3.88. The van der Waals surface area contributed by atoms with Crippen LogP contribution < -0.4 is 16.4 Å². The number of anilines is 4. The number of hydrogen-bond donors (Lipinski definition) is 4. The molecule has 6 nitrogen and oxygen atoms in total. The van der Waals surface area contributed by atoms with Crippen LogP contribution in [-0.4, -0.2) is 23.2 Å². The van der Waals surface area contributed by atoms with E-state index in [9.17, 15) is 26.3 Å². The van der Waals surface area contributed by atoms with Crippen LogP contribution in [0.5, 0.6) is 0 Å². The fraction of sp³-hybridized carbons (Fsp3) is 0.214. The van der Waals surface area contributed by atoms with E-state index in [2.05, 4.69) is 20.6 Å². The van der Waals surface area contributed by atoms with Crippen LogP contribution in [0, 0.1) is 5.41 Å². The molecule has 0 bridgehead atoms. The zero-order valence-corrected chi connectivity index (χ0v) is 13.0. The number of nitrogens with two attached hydrogens (primary N) is 1. The highest BCUT2D eigenvalue weighted by atomic mass is 19.4. The second kappa shape index (κ2) is 6.69. The third-order valence-electron chi connectivity index (χ3n) is 3.26. The van der Waals surface area contributed by atoms with Gasteiger partial charge < -0.3 is 21.8 Å². The van der Waals surface area contributed by atoms with Gasteiger partial charge in [-0.1, -0.05) is 0 Å². The molecule has 1 aromatic carbocycles. The van der Waals surface area contributed by atoms with E-state index in [0.717, 1.165) is 6.07 Å². The number of halogens is 6. The van der Waals surface area contributed by atoms with E-state index in [0.29, 0.717) is 18.5 Å². The first kappa shape index (κ1) is 19.3. The minimum Gasteiger partial charge on any atom is -0.398 e. The Bertz CT molecular complexity index is 830. The van der Waals surface area contributed by atoms with Crippen LogP contribution in [0.25, 0.3) is 0 Å². The largest absolute Gasteiger partial charge is 0.421 e. The first-order valence-corrected chi connectivity index (χ1v) is 6.87. The molecule has 0 aliphatic rings. The molecule has 0 spiro atoms. The fourth-order valence-electron chi connectivity index (χ4n) is 2.06. The van der Waals surface area contributed by atoms with Gasteiger partial charge in [0, 0.05) is 30.7 Å². The van der Waals surface area contributed by atoms with E-state index < -0.39 is 40.9 Å². The minimum atomic E-state index is -4.80. The molecule has 1 aromatic heterocycles. The van der Waals surface area contributed by atoms with E-state index in [1.807, 2.05) is 0 Å². The maximum absolute atomic E-state index is 13.2. The number of nitrogens with zero attached hydrogens (tertiary/aromatic N) is 2. The molecule has 0 fully saturated rings. The minimum absolute atomic E-state index is 0.128. The van der Waals surface area contributed by atoms with E-state index in [1.54, 1.807) is 0 Å². The normalized spacial score (nSPS) is 12.0. The number of alkyl halides is 6. The van der Waals surface area contributed by atoms with Crippen LogP contribution in [0.4, 0.5) is 49.5 Å². The summed E-state index contributed by atoms with van der Waals surface area (Å²) in [6, 6.07) is 1.55. The third-order valence-corrected chi connectivity index (χ3v) is 3.26. The van der Waals surface area contributed by atoms with E-state index in [-0.39, 0.29) is 11.3 Å². The van der Waals surface area contributed by atoms with Crippen LogP contribution in [0.1, 0.15) is 16.7 Å². The molecule has 0 amide bonds. The number of nitrogen functional groups attached to an aromatic ring is 1. The predicted molar refractivity (Wildman–Crippen MR) is 83.6 cm³/mol. The van der Waals surface area contributed by atoms with Crippen LogP contribution in [-0.2, 0) is 12.4 Å². The molecule has 0 unspecified atom stereocenters. The lowest BCUT2D eigenvalue weighted by Gasteiger charge is -2.17. The Kier molecular flexibility index (Phi) is 4.96. The summed E-state index contributed by atoms with van der Waals surface area (Å²) in [6.45, 7) is 0. The van der Waals surface area contributed by atoms with Gasteiger partial charge in [-0.2, -0.15) is 31.3 Å². The van der Waals surface area contributed by atoms with Crippen LogP contribution >= 0.6 is 0 Å². The molecule has 12 heteroatoms. The van der Waals surface area contributed by atoms with Crippen molar-refractivity contribution < 1.29 is 26.3 Å². The lowest BCUT2D eigenvalue weighted by atomic mass is 10.1. The summed E-state index contributed by atoms with van der Waals surface area (Å²) in [7, 11) is 1.18. The molecule has 140 valence electrons. The summed E-state index contributed by atoms with van der Waals surface area (Å²) in [4.78, 5) is 6.95. The molecule has 2 aromatic rings. The maximum atomic E-state index is 13.2. The second-order valence-corrected chi connectivity index (χ2v) is 5.00. The van der Waals surface area contributed by atoms with Gasteiger partial charge >= 0.3 is 12.4 Å². The number of aromatic nitrogens is 2. The quantitative estimate of drug-likeness (QED) is 0.368. The highest BCUT2D eigenvalue weighted by Gasteiger charge is 2.36. The lowest BCUT2D eigenvalue weighted by Crippen LogP contribution is -2.14. The summed E-state index contributed by atoms with van der Waals surface area (Å²) < 4.78 is 78.1. The summed E-state index contributed by atoms with van der Waals surface area (Å²) in [5.41, 5.74) is 2.40. The number of hydrogen-bond acceptors (Lipinski definition) is 6. The van der Waals surface area contributed by atoms with E-state index >= 15 is 0 Å². The highest BCUT2D eigenvalue weighted by Crippen LogP contribution is 2.39. The Morgan fingerprint density at radius 3 is 2.19 bits per heavy atom. The van der Waals surface area contributed by atoms with Gasteiger partial charge in [-0.05, 0) is 12.1 Å². The van der Waals surface area contributed by atoms with Crippen molar-refractivity contribution in [1.29, 1.82) is 5.41 Å². The van der Waals surface area contributed by atoms with Crippen LogP contribution in [0.15, 0.2) is 18.3 Å². The Morgan fingerprint density at radius 2 is 1.69 bits per heavy atom. The molecule has 0 saturated carbocycles. The zero-order chi connectivity index (χ0) is 19.7. The van der Waals surface area contributed by atoms with Crippen molar-refractivity contribution in [2.45, 2.75) is 12.4 Å². The standard InChI is InChI=1S/C14H12F6N6/c1-23-11-8(14(18,19)20)5-24-12(26-11)25-10-3-9(22)6(4-21)2-7(10)13(15,16)17/h2-5,21H,22H2,1H3,(H2,23,24,25,26). The molecule has 0 atom stereocenters. The smallest absolute Gasteiger partial charge is 0.398 e. The van der Waals surface area contributed by atoms with Crippen molar-refractivity contribution in [1.82, 2.24) is 9.97 Å². The Morgan fingerprint density at radius 1 is 1.08 bits per heavy atom. The van der Waals surface area contributed by atoms with Gasteiger partial charge in [-0.25, -0.2) is 4.98 Å². The van der Waals surface area contributed by atoms with Crippen molar-refractivity contribution in [3.63, 3.8) is 0 Å². The lowest BCUT2D eigenvalue weighted by molar-refractivity contribution is -0.137. The van der Waals surface area contributed by atoms with Gasteiger partial charge in [0.1, 0.15) is 11.4 Å². The number of nitrogens with one attached hydrogen (secondary N) is 3. The summed E-state index contributed by atoms with van der Waals surface area (Å²) in [5, 5.41) is 11.5. The van der Waals surface area contributed by atoms with Gasteiger partial charge in [-0.3, -0.25) is 0 Å². The monoisotopic (exact) mass is 378 g/mol. The molecule has 0 aliphatic carbocycles. The molecule has 0 saturated heterocycles. The molecular weight excluding hydrogens is 366 g/mol. The number of rotatable bonds is 4. The highest BCUT2D eigenvalue weighted by molar-refractivity contribution is 5.87. The summed E-state index contributed by atoms with van der Waals surface area (Å²) in [6.07, 6.45) is -8.43. The maximum Gasteiger partial charge on any atom is 0.421 e. The Balaban J connectivity index is 2.51. The van der Waals surface area contributed by atoms with Crippen LogP contribution in [0.3, 0.4) is 0 Å². The van der Waals surface area contributed by atoms with Gasteiger partial charge in [0.05, 0.1) is 11.3 Å². The Hall–Kier alpha value is -3.05. The second-order valence-electron chi connectivity index (χ2n) is 5.00. The van der Waals surface area contributed by atoms with E-state index in [4.69, 9.17) is 11.1 Å². The van der Waals surface area contributed by atoms with Crippen LogP contribution in [0.2, 0.25) is 0 Å². The summed E-state index contributed by atoms with van der Waals surface area (Å²) >= 11 is 0. The van der Waals surface area contributed by atoms with E-state index in [1.165, 1.54) is 7.05 Å². The topological polar surface area (TPSA) is 99.7 Å². The third kappa shape index (κ3) is 3.95. The molecule has 5 N–H and O–H groups in total. The average molecular weight is 378 g/mol. The number of benzene rings is 1. The molecule has 2 rings (SSSR count). The molecule has 0 aliphatic heterocycles. The van der Waals surface area contributed by atoms with Crippen molar-refractivity contribution in [2.24, 2.45) is 0 Å². The first-order chi connectivity index (χ1) is 12.0. The van der Waals surface area contributed by atoms with Gasteiger partial charge in [0.25, 0.3) is 0 Å².